The number of fused-ring (bicyclic) bond motifs is 6. The Labute approximate surface area is 361 Å². The standard InChI is InChI=1S/C48H36N2O6S4/c1-3-55-45(53)35-33-22-11-13-24-49(33)39-37(35)43(41(51)31-18-7-5-8-19-31)59-47(39)57-27-29-16-15-17-30(26-29)28-58-48-40-38(44(60-48)42(52)32-20-9-6-10-21-32)36(46(54)56-4-2)34-23-12-14-25-50(34)40/h5-26H,3-4,27-28H2,1-2H3. The molecule has 298 valence electrons. The van der Waals surface area contributed by atoms with E-state index in [1.165, 1.54) is 22.7 Å². The maximum Gasteiger partial charge on any atom is 0.341 e. The topological polar surface area (TPSA) is 95.6 Å². The van der Waals surface area contributed by atoms with Crippen LogP contribution in [0, 0.1) is 0 Å². The van der Waals surface area contributed by atoms with Crippen molar-refractivity contribution in [3.05, 3.63) is 177 Å². The van der Waals surface area contributed by atoms with Crippen molar-refractivity contribution in [2.45, 2.75) is 33.8 Å². The smallest absolute Gasteiger partial charge is 0.341 e. The van der Waals surface area contributed by atoms with Crippen LogP contribution in [0.3, 0.4) is 0 Å². The van der Waals surface area contributed by atoms with Gasteiger partial charge in [-0.3, -0.25) is 9.59 Å². The van der Waals surface area contributed by atoms with Gasteiger partial charge in [-0.15, -0.1) is 46.2 Å². The number of carbonyl (C=O) groups excluding carboxylic acids is 4. The van der Waals surface area contributed by atoms with Gasteiger partial charge in [0.05, 0.1) is 64.6 Å². The van der Waals surface area contributed by atoms with E-state index in [4.69, 9.17) is 9.47 Å². The highest BCUT2D eigenvalue weighted by Gasteiger charge is 2.31. The van der Waals surface area contributed by atoms with Crippen LogP contribution >= 0.6 is 46.2 Å². The lowest BCUT2D eigenvalue weighted by Crippen LogP contribution is -2.06. The SMILES string of the molecule is CCOC(=O)c1c2c(C(=O)c3ccccc3)sc(SCc3cccc(CSc4sc(C(=O)c5ccccc5)c5c(C(=O)OCC)c6ccccn6c45)c3)c2n2ccccc12. The minimum absolute atomic E-state index is 0.139. The average molecular weight is 865 g/mol. The van der Waals surface area contributed by atoms with Gasteiger partial charge in [-0.25, -0.2) is 9.59 Å². The third-order valence-corrected chi connectivity index (χ3v) is 15.1. The summed E-state index contributed by atoms with van der Waals surface area (Å²) in [5.74, 6) is 0.0457. The largest absolute Gasteiger partial charge is 0.462 e. The Morgan fingerprint density at radius 2 is 0.950 bits per heavy atom. The maximum absolute atomic E-state index is 14.1. The van der Waals surface area contributed by atoms with Crippen LogP contribution in [-0.4, -0.2) is 45.5 Å². The first-order valence-electron chi connectivity index (χ1n) is 19.4. The zero-order valence-electron chi connectivity index (χ0n) is 32.5. The van der Waals surface area contributed by atoms with Crippen molar-refractivity contribution in [3.8, 4) is 0 Å². The summed E-state index contributed by atoms with van der Waals surface area (Å²) in [6.07, 6.45) is 3.85. The molecule has 9 rings (SSSR count). The molecule has 0 saturated heterocycles. The molecule has 0 bridgehead atoms. The molecule has 3 aromatic carbocycles. The fourth-order valence-corrected chi connectivity index (χ4v) is 12.5. The first kappa shape index (κ1) is 39.5. The van der Waals surface area contributed by atoms with Gasteiger partial charge in [-0.05, 0) is 49.2 Å². The molecule has 0 aliphatic heterocycles. The number of esters is 2. The van der Waals surface area contributed by atoms with Gasteiger partial charge in [-0.2, -0.15) is 0 Å². The quantitative estimate of drug-likeness (QED) is 0.0606. The summed E-state index contributed by atoms with van der Waals surface area (Å²) >= 11 is 6.09. The van der Waals surface area contributed by atoms with E-state index in [0.717, 1.165) is 30.6 Å². The van der Waals surface area contributed by atoms with E-state index in [2.05, 4.69) is 18.2 Å². The van der Waals surface area contributed by atoms with Crippen LogP contribution < -0.4 is 0 Å². The van der Waals surface area contributed by atoms with E-state index in [0.29, 0.717) is 65.3 Å². The number of thioether (sulfide) groups is 2. The lowest BCUT2D eigenvalue weighted by Gasteiger charge is -2.06. The second-order valence-corrected chi connectivity index (χ2v) is 18.3. The van der Waals surface area contributed by atoms with E-state index in [-0.39, 0.29) is 24.8 Å². The number of carbonyl (C=O) groups is 4. The Morgan fingerprint density at radius 3 is 1.37 bits per heavy atom. The molecule has 0 atom stereocenters. The number of pyridine rings is 2. The predicted octanol–water partition coefficient (Wildman–Crippen LogP) is 12.0. The van der Waals surface area contributed by atoms with Crippen molar-refractivity contribution in [1.82, 2.24) is 8.80 Å². The predicted molar refractivity (Wildman–Crippen MR) is 243 cm³/mol. The first-order chi connectivity index (χ1) is 29.4. The van der Waals surface area contributed by atoms with Crippen molar-refractivity contribution < 1.29 is 28.7 Å². The lowest BCUT2D eigenvalue weighted by molar-refractivity contribution is 0.0521. The number of hydrogen-bond acceptors (Lipinski definition) is 10. The fourth-order valence-electron chi connectivity index (χ4n) is 7.53. The van der Waals surface area contributed by atoms with Gasteiger partial charge in [-0.1, -0.05) is 97.1 Å². The molecule has 0 unspecified atom stereocenters. The third kappa shape index (κ3) is 7.13. The molecule has 0 aliphatic rings. The van der Waals surface area contributed by atoms with Crippen molar-refractivity contribution >= 4 is 103 Å². The fraction of sp³-hybridized carbons (Fsp3) is 0.125. The monoisotopic (exact) mass is 864 g/mol. The minimum Gasteiger partial charge on any atom is -0.462 e. The van der Waals surface area contributed by atoms with Crippen molar-refractivity contribution in [3.63, 3.8) is 0 Å². The Balaban J connectivity index is 1.05. The molecular formula is C48H36N2O6S4. The molecule has 6 aromatic heterocycles. The van der Waals surface area contributed by atoms with E-state index < -0.39 is 11.9 Å². The van der Waals surface area contributed by atoms with Crippen molar-refractivity contribution in [1.29, 1.82) is 0 Å². The number of ether oxygens (including phenoxy) is 2. The Morgan fingerprint density at radius 1 is 0.533 bits per heavy atom. The number of thiophene rings is 2. The molecule has 60 heavy (non-hydrogen) atoms. The zero-order valence-corrected chi connectivity index (χ0v) is 35.8. The van der Waals surface area contributed by atoms with Crippen LogP contribution in [0.25, 0.3) is 32.8 Å². The van der Waals surface area contributed by atoms with Gasteiger partial charge in [0.2, 0.25) is 11.6 Å². The number of rotatable bonds is 14. The Kier molecular flexibility index (Phi) is 11.2. The highest BCUT2D eigenvalue weighted by atomic mass is 32.2. The number of benzene rings is 3. The average Bonchev–Trinajstić information content (AvgIpc) is 4.03. The Hall–Kier alpha value is -5.92. The van der Waals surface area contributed by atoms with Gasteiger partial charge >= 0.3 is 11.9 Å². The van der Waals surface area contributed by atoms with Crippen LogP contribution in [0.15, 0.2) is 142 Å². The maximum atomic E-state index is 14.1. The Bertz CT molecular complexity index is 2900. The summed E-state index contributed by atoms with van der Waals surface area (Å²) in [6, 6.07) is 38.1. The molecule has 12 heteroatoms. The summed E-state index contributed by atoms with van der Waals surface area (Å²) in [4.78, 5) is 56.3. The summed E-state index contributed by atoms with van der Waals surface area (Å²) in [5, 5.41) is 1.23. The minimum atomic E-state index is -0.456. The van der Waals surface area contributed by atoms with Gasteiger partial charge in [0.25, 0.3) is 0 Å². The van der Waals surface area contributed by atoms with Crippen LogP contribution in [0.4, 0.5) is 0 Å². The summed E-state index contributed by atoms with van der Waals surface area (Å²) in [7, 11) is 0. The van der Waals surface area contributed by atoms with E-state index in [1.807, 2.05) is 100 Å². The molecule has 6 heterocycles. The molecule has 8 nitrogen and oxygen atoms in total. The van der Waals surface area contributed by atoms with Crippen LogP contribution in [-0.2, 0) is 21.0 Å². The molecular weight excluding hydrogens is 829 g/mol. The van der Waals surface area contributed by atoms with E-state index in [1.54, 1.807) is 61.6 Å². The highest BCUT2D eigenvalue weighted by molar-refractivity contribution is 8.01. The lowest BCUT2D eigenvalue weighted by atomic mass is 10.1. The molecule has 0 N–H and O–H groups in total. The van der Waals surface area contributed by atoms with E-state index in [9.17, 15) is 19.2 Å². The summed E-state index contributed by atoms with van der Waals surface area (Å²) < 4.78 is 16.9. The third-order valence-electron chi connectivity index (χ3n) is 10.1. The molecule has 0 fully saturated rings. The summed E-state index contributed by atoms with van der Waals surface area (Å²) in [6.45, 7) is 3.99. The molecule has 9 aromatic rings. The van der Waals surface area contributed by atoms with Gasteiger partial charge in [0.1, 0.15) is 0 Å². The molecule has 0 radical (unpaired) electrons. The zero-order chi connectivity index (χ0) is 41.3. The van der Waals surface area contributed by atoms with E-state index >= 15 is 0 Å². The number of hydrogen-bond donors (Lipinski definition) is 0. The van der Waals surface area contributed by atoms with Crippen molar-refractivity contribution in [2.24, 2.45) is 0 Å². The van der Waals surface area contributed by atoms with Gasteiger partial charge in [0, 0.05) is 45.8 Å². The second kappa shape index (κ2) is 17.0. The summed E-state index contributed by atoms with van der Waals surface area (Å²) in [5.41, 5.74) is 7.11. The number of nitrogens with zero attached hydrogens (tertiary/aromatic N) is 2. The second-order valence-electron chi connectivity index (χ2n) is 13.8. The van der Waals surface area contributed by atoms with Gasteiger partial charge in [0.15, 0.2) is 0 Å². The number of ketones is 2. The molecule has 0 saturated carbocycles. The van der Waals surface area contributed by atoms with Gasteiger partial charge < -0.3 is 18.3 Å². The number of aromatic nitrogens is 2. The molecule has 0 amide bonds. The van der Waals surface area contributed by atoms with Crippen LogP contribution in [0.2, 0.25) is 0 Å². The van der Waals surface area contributed by atoms with Crippen molar-refractivity contribution in [2.75, 3.05) is 13.2 Å². The normalized spacial score (nSPS) is 11.5. The van der Waals surface area contributed by atoms with Crippen LogP contribution in [0.5, 0.6) is 0 Å². The first-order valence-corrected chi connectivity index (χ1v) is 23.0. The molecule has 0 spiro atoms. The molecule has 0 aliphatic carbocycles. The van der Waals surface area contributed by atoms with Crippen LogP contribution in [0.1, 0.15) is 76.2 Å². The highest BCUT2D eigenvalue weighted by Crippen LogP contribution is 2.46.